The van der Waals surface area contributed by atoms with Gasteiger partial charge in [-0.1, -0.05) is 97.1 Å². The van der Waals surface area contributed by atoms with Crippen LogP contribution in [-0.2, 0) is 0 Å². The summed E-state index contributed by atoms with van der Waals surface area (Å²) in [7, 11) is 0. The normalized spacial score (nSPS) is 11.4. The van der Waals surface area contributed by atoms with Crippen molar-refractivity contribution in [2.24, 2.45) is 0 Å². The topological polar surface area (TPSA) is 86.2 Å². The number of carbonyl (C=O) groups is 2. The molecule has 4 heteroatoms. The Hall–Kier alpha value is -6.26. The molecule has 4 N–H and O–H groups in total. The summed E-state index contributed by atoms with van der Waals surface area (Å²) in [6.07, 6.45) is 1.74. The Bertz CT molecular complexity index is 2250. The molecule has 0 aliphatic heterocycles. The maximum absolute atomic E-state index is 11.5. The molecule has 8 aromatic carbocycles. The summed E-state index contributed by atoms with van der Waals surface area (Å²) in [5.41, 5.74) is 23.5. The summed E-state index contributed by atoms with van der Waals surface area (Å²) in [5.74, 6) is 0. The number of carbonyl (C=O) groups excluding carboxylic acids is 2. The number of nitrogens with two attached hydrogens (primary N) is 2. The number of hydrogen-bond donors (Lipinski definition) is 2. The van der Waals surface area contributed by atoms with Crippen molar-refractivity contribution in [3.63, 3.8) is 0 Å². The highest BCUT2D eigenvalue weighted by molar-refractivity contribution is 6.32. The van der Waals surface area contributed by atoms with Crippen LogP contribution in [0.1, 0.15) is 20.7 Å². The van der Waals surface area contributed by atoms with Gasteiger partial charge in [-0.25, -0.2) is 0 Å². The van der Waals surface area contributed by atoms with Crippen molar-refractivity contribution >= 4 is 56.3 Å². The van der Waals surface area contributed by atoms with Crippen LogP contribution in [0, 0.1) is 0 Å². The van der Waals surface area contributed by atoms with Gasteiger partial charge in [0, 0.05) is 22.5 Å². The van der Waals surface area contributed by atoms with Crippen LogP contribution in [0.4, 0.5) is 11.4 Å². The van der Waals surface area contributed by atoms with Crippen molar-refractivity contribution in [1.29, 1.82) is 0 Å². The summed E-state index contributed by atoms with van der Waals surface area (Å²) < 4.78 is 0. The average molecular weight is 593 g/mol. The fourth-order valence-corrected chi connectivity index (χ4v) is 6.76. The van der Waals surface area contributed by atoms with E-state index in [0.29, 0.717) is 22.5 Å². The summed E-state index contributed by atoms with van der Waals surface area (Å²) >= 11 is 0. The third-order valence-corrected chi connectivity index (χ3v) is 9.06. The van der Waals surface area contributed by atoms with Gasteiger partial charge in [-0.15, -0.1) is 0 Å². The number of rotatable bonds is 6. The van der Waals surface area contributed by atoms with Crippen LogP contribution in [0.5, 0.6) is 0 Å². The van der Waals surface area contributed by atoms with Gasteiger partial charge in [-0.3, -0.25) is 9.59 Å². The zero-order valence-electron chi connectivity index (χ0n) is 24.8. The standard InChI is InChI=1S/C42H28N2O2/c43-31-13-9-29(10-14-31)39-21-37(27-5-1-25(23-45)2-6-27)33-17-19-36-40(30-11-15-32(44)16-12-30)22-38(28-7-3-26(24-46)4-8-28)34-18-20-35(39)41(33)42(34)36/h1-24H,43-44H2. The summed E-state index contributed by atoms with van der Waals surface area (Å²) in [6.45, 7) is 0. The Morgan fingerprint density at radius 3 is 0.870 bits per heavy atom. The van der Waals surface area contributed by atoms with Gasteiger partial charge in [0.05, 0.1) is 0 Å². The van der Waals surface area contributed by atoms with Crippen LogP contribution in [0.15, 0.2) is 133 Å². The van der Waals surface area contributed by atoms with Gasteiger partial charge in [0.15, 0.2) is 0 Å². The molecule has 0 heterocycles. The predicted molar refractivity (Wildman–Crippen MR) is 191 cm³/mol. The quantitative estimate of drug-likeness (QED) is 0.114. The van der Waals surface area contributed by atoms with Gasteiger partial charge in [-0.2, -0.15) is 0 Å². The van der Waals surface area contributed by atoms with Crippen LogP contribution in [0.25, 0.3) is 76.8 Å². The van der Waals surface area contributed by atoms with E-state index in [9.17, 15) is 9.59 Å². The minimum absolute atomic E-state index is 0.638. The van der Waals surface area contributed by atoms with E-state index in [1.807, 2.05) is 72.8 Å². The number of nitrogen functional groups attached to an aromatic ring is 2. The Morgan fingerprint density at radius 1 is 0.348 bits per heavy atom. The van der Waals surface area contributed by atoms with E-state index in [4.69, 9.17) is 11.5 Å². The first kappa shape index (κ1) is 27.3. The minimum atomic E-state index is 0.638. The maximum Gasteiger partial charge on any atom is 0.150 e. The van der Waals surface area contributed by atoms with Crippen LogP contribution in [-0.4, -0.2) is 12.6 Å². The zero-order valence-corrected chi connectivity index (χ0v) is 24.8. The van der Waals surface area contributed by atoms with Crippen molar-refractivity contribution in [2.75, 3.05) is 11.5 Å². The molecular formula is C42H28N2O2. The van der Waals surface area contributed by atoms with Crippen LogP contribution < -0.4 is 11.5 Å². The molecule has 0 atom stereocenters. The van der Waals surface area contributed by atoms with Crippen LogP contribution in [0.3, 0.4) is 0 Å². The lowest BCUT2D eigenvalue weighted by atomic mass is 9.82. The lowest BCUT2D eigenvalue weighted by Gasteiger charge is -2.21. The molecule has 0 radical (unpaired) electrons. The highest BCUT2D eigenvalue weighted by Gasteiger charge is 2.21. The fraction of sp³-hybridized carbons (Fsp3) is 0. The first-order chi connectivity index (χ1) is 22.5. The van der Waals surface area contributed by atoms with E-state index in [0.717, 1.165) is 78.6 Å². The van der Waals surface area contributed by atoms with E-state index >= 15 is 0 Å². The van der Waals surface area contributed by atoms with Crippen molar-refractivity contribution in [3.8, 4) is 44.5 Å². The molecule has 8 rings (SSSR count). The number of anilines is 2. The monoisotopic (exact) mass is 592 g/mol. The third kappa shape index (κ3) is 4.39. The first-order valence-corrected chi connectivity index (χ1v) is 15.1. The zero-order chi connectivity index (χ0) is 31.4. The van der Waals surface area contributed by atoms with Crippen LogP contribution >= 0.6 is 0 Å². The van der Waals surface area contributed by atoms with Gasteiger partial charge in [0.2, 0.25) is 0 Å². The Morgan fingerprint density at radius 2 is 0.609 bits per heavy atom. The minimum Gasteiger partial charge on any atom is -0.399 e. The van der Waals surface area contributed by atoms with Crippen molar-refractivity contribution < 1.29 is 9.59 Å². The Balaban J connectivity index is 1.54. The van der Waals surface area contributed by atoms with E-state index in [1.54, 1.807) is 0 Å². The lowest BCUT2D eigenvalue weighted by molar-refractivity contribution is 0.111. The fourth-order valence-electron chi connectivity index (χ4n) is 6.76. The highest BCUT2D eigenvalue weighted by Crippen LogP contribution is 2.48. The Kier molecular flexibility index (Phi) is 6.36. The summed E-state index contributed by atoms with van der Waals surface area (Å²) in [6, 6.07) is 44.9. The molecule has 218 valence electrons. The second-order valence-corrected chi connectivity index (χ2v) is 11.7. The van der Waals surface area contributed by atoms with E-state index < -0.39 is 0 Å². The van der Waals surface area contributed by atoms with Gasteiger partial charge in [0.25, 0.3) is 0 Å². The van der Waals surface area contributed by atoms with E-state index in [-0.39, 0.29) is 0 Å². The van der Waals surface area contributed by atoms with Gasteiger partial charge >= 0.3 is 0 Å². The molecule has 0 fully saturated rings. The summed E-state index contributed by atoms with van der Waals surface area (Å²) in [4.78, 5) is 23.0. The highest BCUT2D eigenvalue weighted by atomic mass is 16.1. The van der Waals surface area contributed by atoms with Crippen molar-refractivity contribution in [3.05, 3.63) is 145 Å². The molecule has 0 aromatic heterocycles. The molecule has 4 nitrogen and oxygen atoms in total. The third-order valence-electron chi connectivity index (χ3n) is 9.06. The van der Waals surface area contributed by atoms with Gasteiger partial charge in [0.1, 0.15) is 12.6 Å². The Labute approximate surface area is 265 Å². The number of aldehydes is 2. The second kappa shape index (κ2) is 10.7. The number of hydrogen-bond acceptors (Lipinski definition) is 4. The van der Waals surface area contributed by atoms with E-state index in [1.165, 1.54) is 10.8 Å². The molecule has 0 saturated heterocycles. The predicted octanol–water partition coefficient (Wildman–Crippen LogP) is 10.0. The van der Waals surface area contributed by atoms with E-state index in [2.05, 4.69) is 60.7 Å². The second-order valence-electron chi connectivity index (χ2n) is 11.7. The van der Waals surface area contributed by atoms with Gasteiger partial charge in [-0.05, 0) is 113 Å². The molecule has 0 bridgehead atoms. The van der Waals surface area contributed by atoms with Crippen LogP contribution in [0.2, 0.25) is 0 Å². The SMILES string of the molecule is Nc1ccc(-c2cc(-c3ccc(C=O)cc3)c3ccc4c(-c5ccc(N)cc5)cc(-c5ccc(C=O)cc5)c5ccc2c3c45)cc1. The maximum atomic E-state index is 11.5. The molecule has 0 aliphatic carbocycles. The molecule has 0 aliphatic rings. The number of benzene rings is 8. The molecule has 0 amide bonds. The first-order valence-electron chi connectivity index (χ1n) is 15.1. The molecule has 8 aromatic rings. The molecule has 0 saturated carbocycles. The lowest BCUT2D eigenvalue weighted by Crippen LogP contribution is -1.95. The van der Waals surface area contributed by atoms with Gasteiger partial charge < -0.3 is 11.5 Å². The molecular weight excluding hydrogens is 564 g/mol. The summed E-state index contributed by atoms with van der Waals surface area (Å²) in [5, 5.41) is 6.88. The molecule has 46 heavy (non-hydrogen) atoms. The average Bonchev–Trinajstić information content (AvgIpc) is 3.11. The van der Waals surface area contributed by atoms with Crippen molar-refractivity contribution in [1.82, 2.24) is 0 Å². The molecule has 0 unspecified atom stereocenters. The van der Waals surface area contributed by atoms with Crippen molar-refractivity contribution in [2.45, 2.75) is 0 Å². The molecule has 0 spiro atoms. The smallest absolute Gasteiger partial charge is 0.150 e. The largest absolute Gasteiger partial charge is 0.399 e.